The van der Waals surface area contributed by atoms with Crippen molar-refractivity contribution < 1.29 is 9.53 Å². The molecule has 0 spiro atoms. The lowest BCUT2D eigenvalue weighted by molar-refractivity contribution is -0.131. The summed E-state index contributed by atoms with van der Waals surface area (Å²) in [4.78, 5) is 13.0. The molecule has 1 aromatic rings. The fourth-order valence-electron chi connectivity index (χ4n) is 1.29. The van der Waals surface area contributed by atoms with Crippen molar-refractivity contribution in [1.29, 1.82) is 0 Å². The maximum atomic E-state index is 11.5. The summed E-state index contributed by atoms with van der Waals surface area (Å²) in [6.45, 7) is 2.65. The maximum Gasteiger partial charge on any atom is 0.239 e. The topological polar surface area (TPSA) is 55.6 Å². The molecule has 0 bridgehead atoms. The van der Waals surface area contributed by atoms with Gasteiger partial charge in [-0.2, -0.15) is 0 Å². The van der Waals surface area contributed by atoms with Crippen LogP contribution in [0.5, 0.6) is 5.75 Å². The molecule has 0 fully saturated rings. The third-order valence-corrected chi connectivity index (χ3v) is 2.80. The van der Waals surface area contributed by atoms with Crippen molar-refractivity contribution in [2.45, 2.75) is 13.0 Å². The molecule has 2 N–H and O–H groups in total. The number of likely N-dealkylation sites (N-methyl/N-ethyl adjacent to an activating group) is 1. The molecule has 0 radical (unpaired) electrons. The SMILES string of the molecule is CC(N)C(=O)N(C)CCOc1ccc(Br)cc1. The fraction of sp³-hybridized carbons (Fsp3) is 0.417. The molecule has 0 aliphatic rings. The maximum absolute atomic E-state index is 11.5. The van der Waals surface area contributed by atoms with E-state index in [1.807, 2.05) is 24.3 Å². The number of halogens is 1. The van der Waals surface area contributed by atoms with E-state index in [0.29, 0.717) is 13.2 Å². The Hall–Kier alpha value is -1.07. The van der Waals surface area contributed by atoms with Gasteiger partial charge in [-0.25, -0.2) is 0 Å². The molecular weight excluding hydrogens is 284 g/mol. The summed E-state index contributed by atoms with van der Waals surface area (Å²) in [6.07, 6.45) is 0. The standard InChI is InChI=1S/C12H17BrN2O2/c1-9(14)12(16)15(2)7-8-17-11-5-3-10(13)4-6-11/h3-6,9H,7-8,14H2,1-2H3. The van der Waals surface area contributed by atoms with Crippen molar-refractivity contribution in [3.8, 4) is 5.75 Å². The van der Waals surface area contributed by atoms with Gasteiger partial charge in [0.1, 0.15) is 12.4 Å². The second-order valence-corrected chi connectivity index (χ2v) is 4.77. The van der Waals surface area contributed by atoms with E-state index < -0.39 is 6.04 Å². The van der Waals surface area contributed by atoms with Crippen molar-refractivity contribution in [2.75, 3.05) is 20.2 Å². The highest BCUT2D eigenvalue weighted by atomic mass is 79.9. The minimum absolute atomic E-state index is 0.0793. The first-order valence-electron chi connectivity index (χ1n) is 5.39. The molecule has 1 rings (SSSR count). The third-order valence-electron chi connectivity index (χ3n) is 2.27. The molecule has 1 aromatic carbocycles. The monoisotopic (exact) mass is 300 g/mol. The highest BCUT2D eigenvalue weighted by Crippen LogP contribution is 2.15. The van der Waals surface area contributed by atoms with Gasteiger partial charge in [0, 0.05) is 11.5 Å². The molecule has 0 aliphatic heterocycles. The van der Waals surface area contributed by atoms with Crippen LogP contribution in [0.15, 0.2) is 28.7 Å². The Balaban J connectivity index is 2.33. The summed E-state index contributed by atoms with van der Waals surface area (Å²) in [7, 11) is 1.72. The number of ether oxygens (including phenoxy) is 1. The van der Waals surface area contributed by atoms with E-state index in [2.05, 4.69) is 15.9 Å². The van der Waals surface area contributed by atoms with Gasteiger partial charge in [-0.15, -0.1) is 0 Å². The normalized spacial score (nSPS) is 12.0. The van der Waals surface area contributed by atoms with Crippen LogP contribution >= 0.6 is 15.9 Å². The minimum atomic E-state index is -0.465. The van der Waals surface area contributed by atoms with E-state index in [1.54, 1.807) is 18.9 Å². The van der Waals surface area contributed by atoms with E-state index in [-0.39, 0.29) is 5.91 Å². The van der Waals surface area contributed by atoms with Crippen LogP contribution in [0.25, 0.3) is 0 Å². The Morgan fingerprint density at radius 1 is 1.47 bits per heavy atom. The van der Waals surface area contributed by atoms with Crippen molar-refractivity contribution in [1.82, 2.24) is 4.90 Å². The first kappa shape index (κ1) is 14.0. The molecule has 4 nitrogen and oxygen atoms in total. The van der Waals surface area contributed by atoms with Gasteiger partial charge in [0.25, 0.3) is 0 Å². The van der Waals surface area contributed by atoms with E-state index in [4.69, 9.17) is 10.5 Å². The van der Waals surface area contributed by atoms with Crippen LogP contribution in [0.4, 0.5) is 0 Å². The summed E-state index contributed by atoms with van der Waals surface area (Å²) in [5, 5.41) is 0. The molecule has 17 heavy (non-hydrogen) atoms. The van der Waals surface area contributed by atoms with E-state index >= 15 is 0 Å². The van der Waals surface area contributed by atoms with Crippen LogP contribution in [0, 0.1) is 0 Å². The summed E-state index contributed by atoms with van der Waals surface area (Å²) < 4.78 is 6.51. The number of nitrogens with zero attached hydrogens (tertiary/aromatic N) is 1. The van der Waals surface area contributed by atoms with Gasteiger partial charge in [0.05, 0.1) is 12.6 Å². The zero-order valence-electron chi connectivity index (χ0n) is 10.0. The Bertz CT molecular complexity index is 365. The predicted octanol–water partition coefficient (Wildman–Crippen LogP) is 1.63. The Morgan fingerprint density at radius 3 is 2.59 bits per heavy atom. The highest BCUT2D eigenvalue weighted by Gasteiger charge is 2.12. The molecular formula is C12H17BrN2O2. The summed E-state index contributed by atoms with van der Waals surface area (Å²) in [5.74, 6) is 0.708. The average molecular weight is 301 g/mol. The fourth-order valence-corrected chi connectivity index (χ4v) is 1.55. The lowest BCUT2D eigenvalue weighted by atomic mass is 10.3. The quantitative estimate of drug-likeness (QED) is 0.899. The highest BCUT2D eigenvalue weighted by molar-refractivity contribution is 9.10. The zero-order chi connectivity index (χ0) is 12.8. The van der Waals surface area contributed by atoms with Crippen molar-refractivity contribution in [2.24, 2.45) is 5.73 Å². The Morgan fingerprint density at radius 2 is 2.06 bits per heavy atom. The number of carbonyl (C=O) groups is 1. The van der Waals surface area contributed by atoms with Gasteiger partial charge in [0.15, 0.2) is 0 Å². The molecule has 0 saturated carbocycles. The van der Waals surface area contributed by atoms with Crippen LogP contribution in [-0.4, -0.2) is 37.0 Å². The summed E-state index contributed by atoms with van der Waals surface area (Å²) in [6, 6.07) is 7.10. The van der Waals surface area contributed by atoms with Gasteiger partial charge in [-0.05, 0) is 31.2 Å². The summed E-state index contributed by atoms with van der Waals surface area (Å²) in [5.41, 5.74) is 5.50. The van der Waals surface area contributed by atoms with Gasteiger partial charge < -0.3 is 15.4 Å². The van der Waals surface area contributed by atoms with E-state index in [9.17, 15) is 4.79 Å². The van der Waals surface area contributed by atoms with Gasteiger partial charge in [-0.3, -0.25) is 4.79 Å². The lowest BCUT2D eigenvalue weighted by Gasteiger charge is -2.19. The number of hydrogen-bond acceptors (Lipinski definition) is 3. The number of benzene rings is 1. The minimum Gasteiger partial charge on any atom is -0.492 e. The van der Waals surface area contributed by atoms with E-state index in [0.717, 1.165) is 10.2 Å². The zero-order valence-corrected chi connectivity index (χ0v) is 11.6. The molecule has 5 heteroatoms. The number of amides is 1. The molecule has 0 aliphatic carbocycles. The molecule has 1 atom stereocenters. The largest absolute Gasteiger partial charge is 0.492 e. The van der Waals surface area contributed by atoms with Crippen molar-refractivity contribution in [3.05, 3.63) is 28.7 Å². The molecule has 1 unspecified atom stereocenters. The van der Waals surface area contributed by atoms with Crippen LogP contribution in [0.1, 0.15) is 6.92 Å². The first-order valence-corrected chi connectivity index (χ1v) is 6.19. The van der Waals surface area contributed by atoms with E-state index in [1.165, 1.54) is 0 Å². The second-order valence-electron chi connectivity index (χ2n) is 3.85. The van der Waals surface area contributed by atoms with Crippen LogP contribution in [-0.2, 0) is 4.79 Å². The average Bonchev–Trinajstić information content (AvgIpc) is 2.30. The molecule has 0 heterocycles. The molecule has 94 valence electrons. The Kier molecular flexibility index (Phi) is 5.44. The number of nitrogens with two attached hydrogens (primary N) is 1. The van der Waals surface area contributed by atoms with Gasteiger partial charge in [-0.1, -0.05) is 15.9 Å². The number of hydrogen-bond donors (Lipinski definition) is 1. The van der Waals surface area contributed by atoms with Gasteiger partial charge in [0.2, 0.25) is 5.91 Å². The number of carbonyl (C=O) groups excluding carboxylic acids is 1. The first-order chi connectivity index (χ1) is 8.00. The molecule has 0 saturated heterocycles. The lowest BCUT2D eigenvalue weighted by Crippen LogP contribution is -2.41. The molecule has 0 aromatic heterocycles. The predicted molar refractivity (Wildman–Crippen MR) is 70.9 cm³/mol. The third kappa shape index (κ3) is 4.75. The number of rotatable bonds is 5. The van der Waals surface area contributed by atoms with Gasteiger partial charge >= 0.3 is 0 Å². The van der Waals surface area contributed by atoms with Crippen molar-refractivity contribution in [3.63, 3.8) is 0 Å². The second kappa shape index (κ2) is 6.61. The van der Waals surface area contributed by atoms with Crippen LogP contribution in [0.3, 0.4) is 0 Å². The summed E-state index contributed by atoms with van der Waals surface area (Å²) >= 11 is 3.35. The molecule has 1 amide bonds. The van der Waals surface area contributed by atoms with Crippen LogP contribution < -0.4 is 10.5 Å². The Labute approximate surface area is 110 Å². The smallest absolute Gasteiger partial charge is 0.239 e. The van der Waals surface area contributed by atoms with Crippen molar-refractivity contribution >= 4 is 21.8 Å². The van der Waals surface area contributed by atoms with Crippen LogP contribution in [0.2, 0.25) is 0 Å².